The Morgan fingerprint density at radius 1 is 1.65 bits per heavy atom. The molecule has 0 amide bonds. The smallest absolute Gasteiger partial charge is 0.356 e. The van der Waals surface area contributed by atoms with Crippen molar-refractivity contribution < 1.29 is 23.1 Å². The first-order chi connectivity index (χ1) is 9.46. The van der Waals surface area contributed by atoms with E-state index in [1.165, 1.54) is 9.82 Å². The second-order valence-electron chi connectivity index (χ2n) is 4.38. The average Bonchev–Trinajstić information content (AvgIpc) is 2.89. The Morgan fingerprint density at radius 2 is 2.40 bits per heavy atom. The second kappa shape index (κ2) is 6.17. The summed E-state index contributed by atoms with van der Waals surface area (Å²) in [6.07, 6.45) is 1.38. The zero-order chi connectivity index (χ0) is 14.8. The van der Waals surface area contributed by atoms with E-state index in [1.807, 2.05) is 6.92 Å². The molecule has 1 aliphatic heterocycles. The van der Waals surface area contributed by atoms with Crippen LogP contribution in [0, 0.1) is 0 Å². The maximum Gasteiger partial charge on any atom is 0.356 e. The average molecular weight is 320 g/mol. The van der Waals surface area contributed by atoms with Gasteiger partial charge in [0.05, 0.1) is 11.6 Å². The third kappa shape index (κ3) is 3.00. The lowest BCUT2D eigenvalue weighted by atomic mass is 10.1. The molecule has 1 unspecified atom stereocenters. The third-order valence-electron chi connectivity index (χ3n) is 3.05. The maximum atomic E-state index is 12.5. The highest BCUT2D eigenvalue weighted by molar-refractivity contribution is 7.91. The maximum absolute atomic E-state index is 12.5. The summed E-state index contributed by atoms with van der Waals surface area (Å²) < 4.78 is 31.6. The lowest BCUT2D eigenvalue weighted by molar-refractivity contribution is 0.0265. The molecule has 0 aliphatic carbocycles. The predicted molar refractivity (Wildman–Crippen MR) is 72.5 cm³/mol. The van der Waals surface area contributed by atoms with Gasteiger partial charge in [0.1, 0.15) is 0 Å². The number of ether oxygens (including phenoxy) is 1. The van der Waals surface area contributed by atoms with Gasteiger partial charge in [-0.3, -0.25) is 0 Å². The molecule has 9 heteroatoms. The van der Waals surface area contributed by atoms with E-state index in [4.69, 9.17) is 9.84 Å². The summed E-state index contributed by atoms with van der Waals surface area (Å²) in [6, 6.07) is 0. The number of nitrogens with zero attached hydrogens (tertiary/aromatic N) is 2. The summed E-state index contributed by atoms with van der Waals surface area (Å²) in [5, 5.41) is 8.99. The molecule has 1 aromatic rings. The fourth-order valence-corrected chi connectivity index (χ4v) is 4.96. The summed E-state index contributed by atoms with van der Waals surface area (Å²) in [7, 11) is -3.82. The second-order valence-corrected chi connectivity index (χ2v) is 7.36. The van der Waals surface area contributed by atoms with Gasteiger partial charge >= 0.3 is 5.97 Å². The molecule has 1 atom stereocenters. The molecule has 1 aliphatic rings. The van der Waals surface area contributed by atoms with Crippen molar-refractivity contribution in [3.8, 4) is 0 Å². The van der Waals surface area contributed by atoms with Crippen LogP contribution in [0.5, 0.6) is 0 Å². The molecular formula is C11H16N2O5S2. The van der Waals surface area contributed by atoms with Gasteiger partial charge in [-0.05, 0) is 19.8 Å². The minimum absolute atomic E-state index is 0.135. The number of carboxylic acid groups (broad SMARTS) is 1. The Morgan fingerprint density at radius 3 is 3.05 bits per heavy atom. The van der Waals surface area contributed by atoms with Gasteiger partial charge in [-0.25, -0.2) is 18.2 Å². The first-order valence-electron chi connectivity index (χ1n) is 6.25. The van der Waals surface area contributed by atoms with Crippen molar-refractivity contribution in [1.29, 1.82) is 0 Å². The molecule has 1 saturated heterocycles. The zero-order valence-electron chi connectivity index (χ0n) is 11.0. The van der Waals surface area contributed by atoms with Gasteiger partial charge in [0.2, 0.25) is 0 Å². The molecule has 2 rings (SSSR count). The van der Waals surface area contributed by atoms with Crippen LogP contribution in [0.3, 0.4) is 0 Å². The fraction of sp³-hybridized carbons (Fsp3) is 0.636. The van der Waals surface area contributed by atoms with Crippen molar-refractivity contribution in [3.63, 3.8) is 0 Å². The van der Waals surface area contributed by atoms with Crippen LogP contribution in [0.15, 0.2) is 9.72 Å². The normalized spacial score (nSPS) is 20.9. The molecule has 112 valence electrons. The first kappa shape index (κ1) is 15.4. The molecule has 1 N–H and O–H groups in total. The van der Waals surface area contributed by atoms with Crippen molar-refractivity contribution in [3.05, 3.63) is 11.2 Å². The van der Waals surface area contributed by atoms with Gasteiger partial charge in [-0.1, -0.05) is 0 Å². The van der Waals surface area contributed by atoms with Crippen molar-refractivity contribution >= 4 is 27.3 Å². The number of hydrogen-bond donors (Lipinski definition) is 1. The monoisotopic (exact) mass is 320 g/mol. The third-order valence-corrected chi connectivity index (χ3v) is 6.27. The first-order valence-corrected chi connectivity index (χ1v) is 8.57. The Balaban J connectivity index is 2.25. The number of rotatable bonds is 5. The molecule has 20 heavy (non-hydrogen) atoms. The molecule has 1 aromatic heterocycles. The summed E-state index contributed by atoms with van der Waals surface area (Å²) >= 11 is 0.831. The zero-order valence-corrected chi connectivity index (χ0v) is 12.6. The summed E-state index contributed by atoms with van der Waals surface area (Å²) in [5.41, 5.74) is 0.828. The van der Waals surface area contributed by atoms with Crippen LogP contribution in [0.2, 0.25) is 0 Å². The van der Waals surface area contributed by atoms with Crippen molar-refractivity contribution in [1.82, 2.24) is 9.29 Å². The van der Waals surface area contributed by atoms with Gasteiger partial charge in [-0.2, -0.15) is 4.31 Å². The number of hydrogen-bond acceptors (Lipinski definition) is 6. The van der Waals surface area contributed by atoms with E-state index in [9.17, 15) is 13.2 Å². The van der Waals surface area contributed by atoms with E-state index in [0.717, 1.165) is 17.8 Å². The van der Waals surface area contributed by atoms with E-state index in [0.29, 0.717) is 19.6 Å². The van der Waals surface area contributed by atoms with E-state index < -0.39 is 21.7 Å². The lowest BCUT2D eigenvalue weighted by Gasteiger charge is -2.31. The van der Waals surface area contributed by atoms with Crippen LogP contribution in [0.4, 0.5) is 0 Å². The van der Waals surface area contributed by atoms with Crippen molar-refractivity contribution in [2.75, 3.05) is 19.7 Å². The number of piperidine rings is 1. The van der Waals surface area contributed by atoms with E-state index in [1.54, 1.807) is 0 Å². The van der Waals surface area contributed by atoms with Crippen LogP contribution in [0.1, 0.15) is 30.3 Å². The van der Waals surface area contributed by atoms with Gasteiger partial charge in [0.15, 0.2) is 9.90 Å². The molecule has 0 radical (unpaired) electrons. The highest BCUT2D eigenvalue weighted by atomic mass is 32.2. The molecule has 7 nitrogen and oxygen atoms in total. The summed E-state index contributed by atoms with van der Waals surface area (Å²) in [6.45, 7) is 3.02. The highest BCUT2D eigenvalue weighted by Crippen LogP contribution is 2.27. The molecular weight excluding hydrogens is 304 g/mol. The molecule has 0 saturated carbocycles. The number of carbonyl (C=O) groups is 1. The van der Waals surface area contributed by atoms with Crippen LogP contribution in [-0.2, 0) is 14.8 Å². The molecule has 0 bridgehead atoms. The summed E-state index contributed by atoms with van der Waals surface area (Å²) in [4.78, 5) is 14.6. The largest absolute Gasteiger partial charge is 0.476 e. The molecule has 0 spiro atoms. The van der Waals surface area contributed by atoms with Crippen LogP contribution >= 0.6 is 11.3 Å². The minimum atomic E-state index is -3.82. The van der Waals surface area contributed by atoms with Gasteiger partial charge < -0.3 is 9.84 Å². The SMILES string of the molecule is CCOC1CCCN(S(=O)(=O)c2scnc2C(=O)O)C1. The highest BCUT2D eigenvalue weighted by Gasteiger charge is 2.35. The van der Waals surface area contributed by atoms with Crippen LogP contribution in [-0.4, -0.2) is 54.6 Å². The number of aromatic nitrogens is 1. The van der Waals surface area contributed by atoms with E-state index in [2.05, 4.69) is 4.98 Å². The van der Waals surface area contributed by atoms with Crippen molar-refractivity contribution in [2.45, 2.75) is 30.1 Å². The van der Waals surface area contributed by atoms with Gasteiger partial charge in [0, 0.05) is 19.7 Å². The van der Waals surface area contributed by atoms with E-state index in [-0.39, 0.29) is 16.9 Å². The lowest BCUT2D eigenvalue weighted by Crippen LogP contribution is -2.43. The van der Waals surface area contributed by atoms with Crippen LogP contribution < -0.4 is 0 Å². The number of carboxylic acids is 1. The van der Waals surface area contributed by atoms with Crippen molar-refractivity contribution in [2.24, 2.45) is 0 Å². The van der Waals surface area contributed by atoms with E-state index >= 15 is 0 Å². The Labute approximate surface area is 121 Å². The molecule has 0 aromatic carbocycles. The standard InChI is InChI=1S/C11H16N2O5S2/c1-2-18-8-4-3-5-13(6-8)20(16,17)11-9(10(14)15)12-7-19-11/h7-8H,2-6H2,1H3,(H,14,15). The minimum Gasteiger partial charge on any atom is -0.476 e. The molecule has 2 heterocycles. The Hall–Kier alpha value is -1.03. The topological polar surface area (TPSA) is 96.8 Å². The number of thiazole rings is 1. The van der Waals surface area contributed by atoms with Gasteiger partial charge in [0.25, 0.3) is 10.0 Å². The quantitative estimate of drug-likeness (QED) is 0.870. The number of sulfonamides is 1. The number of aromatic carboxylic acids is 1. The summed E-state index contributed by atoms with van der Waals surface area (Å²) in [5.74, 6) is -1.33. The Bertz CT molecular complexity index is 581. The van der Waals surface area contributed by atoms with Gasteiger partial charge in [-0.15, -0.1) is 11.3 Å². The Kier molecular flexibility index (Phi) is 4.74. The van der Waals surface area contributed by atoms with Crippen LogP contribution in [0.25, 0.3) is 0 Å². The predicted octanol–water partition coefficient (Wildman–Crippen LogP) is 1.03. The fourth-order valence-electron chi connectivity index (χ4n) is 2.17. The molecule has 1 fully saturated rings.